The zero-order valence-electron chi connectivity index (χ0n) is 22.0. The van der Waals surface area contributed by atoms with Gasteiger partial charge in [0.05, 0.1) is 0 Å². The lowest BCUT2D eigenvalue weighted by Crippen LogP contribution is -2.51. The molecule has 2 amide bonds. The first-order valence-corrected chi connectivity index (χ1v) is 14.2. The first kappa shape index (κ1) is 28.8. The van der Waals surface area contributed by atoms with E-state index in [2.05, 4.69) is 19.2 Å². The number of carbonyl (C=O) groups excluding carboxylic acids is 2. The van der Waals surface area contributed by atoms with Crippen LogP contribution in [0.3, 0.4) is 0 Å². The van der Waals surface area contributed by atoms with E-state index in [1.54, 1.807) is 16.7 Å². The number of halogens is 1. The average Bonchev–Trinajstić information content (AvgIpc) is 2.89. The van der Waals surface area contributed by atoms with Gasteiger partial charge in [-0.05, 0) is 66.0 Å². The number of nitrogens with zero attached hydrogens (tertiary/aromatic N) is 1. The fraction of sp³-hybridized carbons (Fsp3) is 0.355. The molecule has 0 spiro atoms. The van der Waals surface area contributed by atoms with E-state index >= 15 is 0 Å². The number of thioether (sulfide) groups is 1. The van der Waals surface area contributed by atoms with Crippen molar-refractivity contribution in [1.82, 2.24) is 10.2 Å². The average molecular weight is 537 g/mol. The summed E-state index contributed by atoms with van der Waals surface area (Å²) in [6.45, 7) is 7.17. The molecule has 0 saturated heterocycles. The summed E-state index contributed by atoms with van der Waals surface area (Å²) in [5.74, 6) is 1.04. The fourth-order valence-electron chi connectivity index (χ4n) is 4.04. The number of rotatable bonds is 13. The molecule has 0 saturated carbocycles. The predicted octanol–water partition coefficient (Wildman–Crippen LogP) is 6.93. The third-order valence-corrected chi connectivity index (χ3v) is 7.53. The summed E-state index contributed by atoms with van der Waals surface area (Å²) in [4.78, 5) is 30.1. The van der Waals surface area contributed by atoms with Crippen LogP contribution in [-0.2, 0) is 22.6 Å². The van der Waals surface area contributed by atoms with Crippen molar-refractivity contribution in [1.29, 1.82) is 0 Å². The normalized spacial score (nSPS) is 11.8. The molecule has 0 heterocycles. The molecule has 0 radical (unpaired) electrons. The SMILES string of the molecule is Cc1ccccc1CN(C(=O)CCCSc1ccc(Cl)cc1)[C@@H](Cc1ccccc1)C(=O)NCC(C)C. The Kier molecular flexibility index (Phi) is 11.6. The Bertz CT molecular complexity index is 1140. The summed E-state index contributed by atoms with van der Waals surface area (Å²) >= 11 is 7.70. The number of amides is 2. The van der Waals surface area contributed by atoms with E-state index in [9.17, 15) is 9.59 Å². The second-order valence-electron chi connectivity index (χ2n) is 9.70. The van der Waals surface area contributed by atoms with Crippen molar-refractivity contribution in [3.8, 4) is 0 Å². The molecule has 4 nitrogen and oxygen atoms in total. The van der Waals surface area contributed by atoms with Crippen LogP contribution in [0.5, 0.6) is 0 Å². The number of hydrogen-bond acceptors (Lipinski definition) is 3. The van der Waals surface area contributed by atoms with Crippen molar-refractivity contribution in [2.75, 3.05) is 12.3 Å². The van der Waals surface area contributed by atoms with Gasteiger partial charge in [-0.15, -0.1) is 11.8 Å². The molecule has 1 N–H and O–H groups in total. The number of carbonyl (C=O) groups is 2. The van der Waals surface area contributed by atoms with Crippen LogP contribution in [0.25, 0.3) is 0 Å². The van der Waals surface area contributed by atoms with Crippen LogP contribution >= 0.6 is 23.4 Å². The van der Waals surface area contributed by atoms with Gasteiger partial charge in [-0.1, -0.05) is 80.0 Å². The summed E-state index contributed by atoms with van der Waals surface area (Å²) in [7, 11) is 0. The van der Waals surface area contributed by atoms with E-state index in [0.717, 1.165) is 33.8 Å². The van der Waals surface area contributed by atoms with Gasteiger partial charge < -0.3 is 10.2 Å². The second kappa shape index (κ2) is 14.8. The van der Waals surface area contributed by atoms with Gasteiger partial charge in [-0.25, -0.2) is 0 Å². The number of aryl methyl sites for hydroxylation is 1. The zero-order valence-corrected chi connectivity index (χ0v) is 23.5. The number of benzene rings is 3. The minimum Gasteiger partial charge on any atom is -0.354 e. The highest BCUT2D eigenvalue weighted by Gasteiger charge is 2.30. The first-order chi connectivity index (χ1) is 17.8. The van der Waals surface area contributed by atoms with Gasteiger partial charge in [-0.2, -0.15) is 0 Å². The van der Waals surface area contributed by atoms with E-state index in [1.807, 2.05) is 85.8 Å². The molecular weight excluding hydrogens is 500 g/mol. The van der Waals surface area contributed by atoms with Crippen molar-refractivity contribution in [3.63, 3.8) is 0 Å². The van der Waals surface area contributed by atoms with Crippen LogP contribution in [0.4, 0.5) is 0 Å². The van der Waals surface area contributed by atoms with E-state index in [-0.39, 0.29) is 11.8 Å². The van der Waals surface area contributed by atoms with Crippen molar-refractivity contribution < 1.29 is 9.59 Å². The molecule has 3 aromatic carbocycles. The van der Waals surface area contributed by atoms with Crippen molar-refractivity contribution in [3.05, 3.63) is 101 Å². The van der Waals surface area contributed by atoms with Gasteiger partial charge in [-0.3, -0.25) is 9.59 Å². The third kappa shape index (κ3) is 9.56. The molecule has 37 heavy (non-hydrogen) atoms. The van der Waals surface area contributed by atoms with Gasteiger partial charge in [0.15, 0.2) is 0 Å². The molecule has 0 bridgehead atoms. The van der Waals surface area contributed by atoms with Crippen LogP contribution < -0.4 is 5.32 Å². The molecule has 0 aliphatic heterocycles. The first-order valence-electron chi connectivity index (χ1n) is 12.9. The molecule has 0 aromatic heterocycles. The zero-order chi connectivity index (χ0) is 26.6. The maximum Gasteiger partial charge on any atom is 0.243 e. The summed E-state index contributed by atoms with van der Waals surface area (Å²) in [5.41, 5.74) is 3.20. The Labute approximate surface area is 230 Å². The lowest BCUT2D eigenvalue weighted by atomic mass is 10.0. The summed E-state index contributed by atoms with van der Waals surface area (Å²) < 4.78 is 0. The molecular formula is C31H37ClN2O2S. The molecule has 3 aromatic rings. The van der Waals surface area contributed by atoms with Gasteiger partial charge in [0.25, 0.3) is 0 Å². The summed E-state index contributed by atoms with van der Waals surface area (Å²) in [6, 6.07) is 25.2. The molecule has 3 rings (SSSR count). The van der Waals surface area contributed by atoms with Crippen molar-refractivity contribution >= 4 is 35.2 Å². The predicted molar refractivity (Wildman–Crippen MR) is 155 cm³/mol. The number of nitrogens with one attached hydrogen (secondary N) is 1. The molecule has 1 atom stereocenters. The Morgan fingerprint density at radius 1 is 0.946 bits per heavy atom. The monoisotopic (exact) mass is 536 g/mol. The molecule has 0 unspecified atom stereocenters. The quantitative estimate of drug-likeness (QED) is 0.190. The fourth-order valence-corrected chi connectivity index (χ4v) is 5.01. The lowest BCUT2D eigenvalue weighted by Gasteiger charge is -2.32. The minimum absolute atomic E-state index is 0.000544. The van der Waals surface area contributed by atoms with E-state index in [0.29, 0.717) is 36.9 Å². The topological polar surface area (TPSA) is 49.4 Å². The standard InChI is InChI=1S/C31H37ClN2O2S/c1-23(2)21-33-31(36)29(20-25-11-5-4-6-12-25)34(22-26-13-8-7-10-24(26)3)30(35)14-9-19-37-28-17-15-27(32)16-18-28/h4-8,10-13,15-18,23,29H,9,14,19-22H2,1-3H3,(H,33,36)/t29-/m0/s1. The van der Waals surface area contributed by atoms with Crippen LogP contribution in [0, 0.1) is 12.8 Å². The van der Waals surface area contributed by atoms with Gasteiger partial charge in [0, 0.05) is 35.8 Å². The van der Waals surface area contributed by atoms with Crippen LogP contribution in [0.1, 0.15) is 43.4 Å². The van der Waals surface area contributed by atoms with E-state index < -0.39 is 6.04 Å². The van der Waals surface area contributed by atoms with Gasteiger partial charge in [0.1, 0.15) is 6.04 Å². The Morgan fingerprint density at radius 3 is 2.30 bits per heavy atom. The molecule has 0 fully saturated rings. The van der Waals surface area contributed by atoms with Crippen LogP contribution in [-0.4, -0.2) is 35.1 Å². The van der Waals surface area contributed by atoms with Crippen LogP contribution in [0.2, 0.25) is 5.02 Å². The number of hydrogen-bond donors (Lipinski definition) is 1. The Morgan fingerprint density at radius 2 is 1.62 bits per heavy atom. The van der Waals surface area contributed by atoms with E-state index in [1.165, 1.54) is 0 Å². The second-order valence-corrected chi connectivity index (χ2v) is 11.3. The minimum atomic E-state index is -0.586. The largest absolute Gasteiger partial charge is 0.354 e. The lowest BCUT2D eigenvalue weighted by molar-refractivity contribution is -0.141. The molecule has 196 valence electrons. The Balaban J connectivity index is 1.79. The maximum atomic E-state index is 13.7. The summed E-state index contributed by atoms with van der Waals surface area (Å²) in [5, 5.41) is 3.80. The van der Waals surface area contributed by atoms with Crippen LogP contribution in [0.15, 0.2) is 83.8 Å². The van der Waals surface area contributed by atoms with Crippen molar-refractivity contribution in [2.24, 2.45) is 5.92 Å². The van der Waals surface area contributed by atoms with Gasteiger partial charge >= 0.3 is 0 Å². The Hall–Kier alpha value is -2.76. The van der Waals surface area contributed by atoms with E-state index in [4.69, 9.17) is 11.6 Å². The smallest absolute Gasteiger partial charge is 0.243 e. The van der Waals surface area contributed by atoms with Gasteiger partial charge in [0.2, 0.25) is 11.8 Å². The highest BCUT2D eigenvalue weighted by Crippen LogP contribution is 2.23. The van der Waals surface area contributed by atoms with Crippen molar-refractivity contribution in [2.45, 2.75) is 57.5 Å². The molecule has 0 aliphatic carbocycles. The molecule has 0 aliphatic rings. The summed E-state index contributed by atoms with van der Waals surface area (Å²) in [6.07, 6.45) is 1.58. The maximum absolute atomic E-state index is 13.7. The third-order valence-electron chi connectivity index (χ3n) is 6.17. The molecule has 6 heteroatoms. The highest BCUT2D eigenvalue weighted by atomic mass is 35.5. The highest BCUT2D eigenvalue weighted by molar-refractivity contribution is 7.99.